The fourth-order valence-corrected chi connectivity index (χ4v) is 2.16. The molecule has 0 radical (unpaired) electrons. The number of benzene rings is 1. The van der Waals surface area contributed by atoms with Gasteiger partial charge in [0.2, 0.25) is 0 Å². The standard InChI is InChI=1S/C13H17N3O/c1-8-14-11-5-2-9(6-12(11)15-8)13(7-17)16-10-3-4-10/h2,5-6,10,13,16-17H,3-4,7H2,1H3,(H,14,15). The van der Waals surface area contributed by atoms with Gasteiger partial charge in [-0.25, -0.2) is 4.98 Å². The van der Waals surface area contributed by atoms with E-state index in [-0.39, 0.29) is 12.6 Å². The van der Waals surface area contributed by atoms with Crippen LogP contribution in [-0.4, -0.2) is 27.7 Å². The Kier molecular flexibility index (Phi) is 2.61. The summed E-state index contributed by atoms with van der Waals surface area (Å²) < 4.78 is 0. The SMILES string of the molecule is Cc1nc2ccc(C(CO)NC3CC3)cc2[nH]1. The number of aliphatic hydroxyl groups excluding tert-OH is 1. The van der Waals surface area contributed by atoms with Crippen molar-refractivity contribution in [3.63, 3.8) is 0 Å². The van der Waals surface area contributed by atoms with E-state index in [9.17, 15) is 5.11 Å². The van der Waals surface area contributed by atoms with Crippen molar-refractivity contribution >= 4 is 11.0 Å². The number of nitrogens with zero attached hydrogens (tertiary/aromatic N) is 1. The van der Waals surface area contributed by atoms with Gasteiger partial charge in [-0.3, -0.25) is 0 Å². The van der Waals surface area contributed by atoms with Gasteiger partial charge in [0, 0.05) is 6.04 Å². The molecule has 0 saturated heterocycles. The highest BCUT2D eigenvalue weighted by Gasteiger charge is 2.25. The first-order valence-corrected chi connectivity index (χ1v) is 6.09. The number of rotatable bonds is 4. The summed E-state index contributed by atoms with van der Waals surface area (Å²) in [5, 5.41) is 12.9. The molecule has 1 aromatic carbocycles. The molecule has 1 aliphatic carbocycles. The summed E-state index contributed by atoms with van der Waals surface area (Å²) in [6, 6.07) is 6.75. The quantitative estimate of drug-likeness (QED) is 0.750. The van der Waals surface area contributed by atoms with Crippen molar-refractivity contribution in [1.29, 1.82) is 0 Å². The van der Waals surface area contributed by atoms with Crippen LogP contribution in [0.3, 0.4) is 0 Å². The van der Waals surface area contributed by atoms with E-state index in [1.54, 1.807) is 0 Å². The molecule has 1 unspecified atom stereocenters. The lowest BCUT2D eigenvalue weighted by atomic mass is 10.1. The van der Waals surface area contributed by atoms with Crippen molar-refractivity contribution in [3.8, 4) is 0 Å². The minimum absolute atomic E-state index is 0.0375. The van der Waals surface area contributed by atoms with Crippen LogP contribution in [0, 0.1) is 6.92 Å². The first-order chi connectivity index (χ1) is 8.26. The predicted octanol–water partition coefficient (Wildman–Crippen LogP) is 1.66. The number of imidazole rings is 1. The Hall–Kier alpha value is -1.39. The van der Waals surface area contributed by atoms with Gasteiger partial charge in [0.05, 0.1) is 23.7 Å². The number of aliphatic hydroxyl groups is 1. The van der Waals surface area contributed by atoms with Crippen LogP contribution in [0.2, 0.25) is 0 Å². The molecule has 3 rings (SSSR count). The van der Waals surface area contributed by atoms with Crippen LogP contribution in [0.5, 0.6) is 0 Å². The van der Waals surface area contributed by atoms with Gasteiger partial charge in [-0.2, -0.15) is 0 Å². The Labute approximate surface area is 100 Å². The minimum Gasteiger partial charge on any atom is -0.394 e. The van der Waals surface area contributed by atoms with E-state index in [0.717, 1.165) is 22.4 Å². The van der Waals surface area contributed by atoms with E-state index in [1.165, 1.54) is 12.8 Å². The van der Waals surface area contributed by atoms with Crippen molar-refractivity contribution in [3.05, 3.63) is 29.6 Å². The molecule has 1 fully saturated rings. The lowest BCUT2D eigenvalue weighted by molar-refractivity contribution is 0.243. The minimum atomic E-state index is 0.0375. The van der Waals surface area contributed by atoms with E-state index in [2.05, 4.69) is 21.4 Å². The van der Waals surface area contributed by atoms with Gasteiger partial charge < -0.3 is 15.4 Å². The lowest BCUT2D eigenvalue weighted by Gasteiger charge is -2.16. The van der Waals surface area contributed by atoms with Gasteiger partial charge in [0.25, 0.3) is 0 Å². The summed E-state index contributed by atoms with van der Waals surface area (Å²) in [7, 11) is 0. The molecule has 2 aromatic rings. The highest BCUT2D eigenvalue weighted by atomic mass is 16.3. The lowest BCUT2D eigenvalue weighted by Crippen LogP contribution is -2.26. The first-order valence-electron chi connectivity index (χ1n) is 6.09. The molecule has 0 spiro atoms. The van der Waals surface area contributed by atoms with Crippen molar-refractivity contribution in [2.24, 2.45) is 0 Å². The van der Waals surface area contributed by atoms with E-state index < -0.39 is 0 Å². The molecule has 0 amide bonds. The van der Waals surface area contributed by atoms with Gasteiger partial charge >= 0.3 is 0 Å². The molecule has 1 heterocycles. The summed E-state index contributed by atoms with van der Waals surface area (Å²) in [4.78, 5) is 7.60. The van der Waals surface area contributed by atoms with Gasteiger partial charge in [-0.05, 0) is 37.5 Å². The Morgan fingerprint density at radius 1 is 1.53 bits per heavy atom. The van der Waals surface area contributed by atoms with E-state index in [1.807, 2.05) is 19.1 Å². The number of hydrogen-bond acceptors (Lipinski definition) is 3. The van der Waals surface area contributed by atoms with Crippen LogP contribution in [0.15, 0.2) is 18.2 Å². The van der Waals surface area contributed by atoms with Crippen molar-refractivity contribution in [1.82, 2.24) is 15.3 Å². The molecule has 1 aliphatic rings. The Morgan fingerprint density at radius 3 is 3.06 bits per heavy atom. The molecule has 4 nitrogen and oxygen atoms in total. The van der Waals surface area contributed by atoms with Crippen LogP contribution in [-0.2, 0) is 0 Å². The van der Waals surface area contributed by atoms with Crippen LogP contribution in [0.4, 0.5) is 0 Å². The largest absolute Gasteiger partial charge is 0.394 e. The maximum absolute atomic E-state index is 9.45. The molecule has 1 atom stereocenters. The third-order valence-corrected chi connectivity index (χ3v) is 3.22. The van der Waals surface area contributed by atoms with Gasteiger partial charge in [0.15, 0.2) is 0 Å². The van der Waals surface area contributed by atoms with Crippen molar-refractivity contribution < 1.29 is 5.11 Å². The van der Waals surface area contributed by atoms with Crippen LogP contribution in [0.25, 0.3) is 11.0 Å². The third-order valence-electron chi connectivity index (χ3n) is 3.22. The molecule has 4 heteroatoms. The molecular weight excluding hydrogens is 214 g/mol. The van der Waals surface area contributed by atoms with Crippen LogP contribution in [0.1, 0.15) is 30.3 Å². The molecule has 17 heavy (non-hydrogen) atoms. The fourth-order valence-electron chi connectivity index (χ4n) is 2.16. The second-order valence-corrected chi connectivity index (χ2v) is 4.77. The normalized spacial score (nSPS) is 17.5. The summed E-state index contributed by atoms with van der Waals surface area (Å²) in [5.41, 5.74) is 3.14. The van der Waals surface area contributed by atoms with Gasteiger partial charge in [0.1, 0.15) is 5.82 Å². The zero-order valence-corrected chi connectivity index (χ0v) is 9.90. The first kappa shape index (κ1) is 10.7. The monoisotopic (exact) mass is 231 g/mol. The predicted molar refractivity (Wildman–Crippen MR) is 66.8 cm³/mol. The maximum Gasteiger partial charge on any atom is 0.104 e. The van der Waals surface area contributed by atoms with Crippen LogP contribution >= 0.6 is 0 Å². The van der Waals surface area contributed by atoms with Crippen molar-refractivity contribution in [2.45, 2.75) is 31.8 Å². The Balaban J connectivity index is 1.91. The molecule has 0 aliphatic heterocycles. The molecule has 3 N–H and O–H groups in total. The zero-order valence-electron chi connectivity index (χ0n) is 9.90. The summed E-state index contributed by atoms with van der Waals surface area (Å²) in [6.07, 6.45) is 2.45. The van der Waals surface area contributed by atoms with Crippen molar-refractivity contribution in [2.75, 3.05) is 6.61 Å². The van der Waals surface area contributed by atoms with E-state index in [4.69, 9.17) is 0 Å². The average Bonchev–Trinajstić information content (AvgIpc) is 3.05. The topological polar surface area (TPSA) is 60.9 Å². The number of nitrogens with one attached hydrogen (secondary N) is 2. The smallest absolute Gasteiger partial charge is 0.104 e. The third kappa shape index (κ3) is 2.18. The fraction of sp³-hybridized carbons (Fsp3) is 0.462. The molecule has 0 bridgehead atoms. The van der Waals surface area contributed by atoms with Gasteiger partial charge in [-0.15, -0.1) is 0 Å². The Morgan fingerprint density at radius 2 is 2.35 bits per heavy atom. The average molecular weight is 231 g/mol. The molecule has 1 aromatic heterocycles. The number of H-pyrrole nitrogens is 1. The number of aromatic amines is 1. The molecule has 1 saturated carbocycles. The summed E-state index contributed by atoms with van der Waals surface area (Å²) >= 11 is 0. The maximum atomic E-state index is 9.45. The number of hydrogen-bond donors (Lipinski definition) is 3. The second kappa shape index (κ2) is 4.13. The summed E-state index contributed by atoms with van der Waals surface area (Å²) in [6.45, 7) is 2.08. The molecule has 90 valence electrons. The highest BCUT2D eigenvalue weighted by molar-refractivity contribution is 5.76. The molecular formula is C13H17N3O. The number of fused-ring (bicyclic) bond motifs is 1. The second-order valence-electron chi connectivity index (χ2n) is 4.77. The Bertz CT molecular complexity index is 530. The zero-order chi connectivity index (χ0) is 11.8. The van der Waals surface area contributed by atoms with E-state index >= 15 is 0 Å². The summed E-state index contributed by atoms with van der Waals surface area (Å²) in [5.74, 6) is 0.924. The number of aromatic nitrogens is 2. The van der Waals surface area contributed by atoms with Crippen LogP contribution < -0.4 is 5.32 Å². The van der Waals surface area contributed by atoms with Gasteiger partial charge in [-0.1, -0.05) is 6.07 Å². The number of aryl methyl sites for hydroxylation is 1. The highest BCUT2D eigenvalue weighted by Crippen LogP contribution is 2.25. The van der Waals surface area contributed by atoms with E-state index in [0.29, 0.717) is 6.04 Å².